The molecule has 0 nitrogen and oxygen atoms in total. The molecule has 0 fully saturated rings. The number of hydrogen-bond acceptors (Lipinski definition) is 0. The zero-order valence-electron chi connectivity index (χ0n) is 21.2. The highest BCUT2D eigenvalue weighted by Gasteiger charge is 1.82. The smallest absolute Gasteiger partial charge is 0.0398 e. The zero-order valence-corrected chi connectivity index (χ0v) is 21.2. The zero-order chi connectivity index (χ0) is 23.9. The van der Waals surface area contributed by atoms with Crippen LogP contribution in [0.3, 0.4) is 0 Å². The monoisotopic (exact) mass is 488 g/mol. The average Bonchev–Trinajstić information content (AvgIpc) is 2.78. The van der Waals surface area contributed by atoms with Crippen molar-refractivity contribution in [2.24, 2.45) is 0 Å². The minimum atomic E-state index is 0. The van der Waals surface area contributed by atoms with Gasteiger partial charge in [-0.15, -0.1) is 0 Å². The van der Waals surface area contributed by atoms with Crippen LogP contribution in [0.2, 0.25) is 0 Å². The van der Waals surface area contributed by atoms with Gasteiger partial charge in [-0.2, -0.15) is 0 Å². The summed E-state index contributed by atoms with van der Waals surface area (Å²) in [7, 11) is 0. The highest BCUT2D eigenvalue weighted by molar-refractivity contribution is 5.21. The van der Waals surface area contributed by atoms with E-state index < -0.39 is 0 Å². The fraction of sp³-hybridized carbons (Fsp3) is 0.333. The van der Waals surface area contributed by atoms with Gasteiger partial charge in [0.05, 0.1) is 0 Å². The van der Waals surface area contributed by atoms with E-state index in [1.54, 1.807) is 0 Å². The molecule has 0 aliphatic carbocycles. The highest BCUT2D eigenvalue weighted by atomic mass is 13.9. The molecule has 0 bridgehead atoms. The molecule has 0 N–H and O–H groups in total. The fourth-order valence-electron chi connectivity index (χ4n) is 2.55. The van der Waals surface area contributed by atoms with Gasteiger partial charge in [-0.1, -0.05) is 171 Å². The van der Waals surface area contributed by atoms with E-state index in [9.17, 15) is 0 Å². The van der Waals surface area contributed by atoms with Crippen LogP contribution in [-0.4, -0.2) is 0 Å². The molecule has 0 heteroatoms. The van der Waals surface area contributed by atoms with Crippen molar-refractivity contribution in [3.63, 3.8) is 0 Å². The Hall–Kier alpha value is -3.12. The van der Waals surface area contributed by atoms with E-state index in [0.29, 0.717) is 0 Å². The Bertz CT molecular complexity index is 730. The maximum Gasteiger partial charge on any atom is -0.0398 e. The molecule has 4 aromatic rings. The summed E-state index contributed by atoms with van der Waals surface area (Å²) in [5, 5.41) is 0. The van der Waals surface area contributed by atoms with Crippen LogP contribution < -0.4 is 0 Å². The summed E-state index contributed by atoms with van der Waals surface area (Å²) in [6.45, 7) is 16.8. The molecule has 0 saturated heterocycles. The molecular formula is C36H56. The molecule has 0 unspecified atom stereocenters. The second-order valence-electron chi connectivity index (χ2n) is 8.62. The number of aryl methyl sites for hydroxylation is 8. The molecule has 0 heterocycles. The van der Waals surface area contributed by atoms with E-state index in [1.165, 1.54) is 44.5 Å². The lowest BCUT2D eigenvalue weighted by molar-refractivity contribution is 1.40. The van der Waals surface area contributed by atoms with Gasteiger partial charge < -0.3 is 0 Å². The molecule has 4 rings (SSSR count). The Morgan fingerprint density at radius 1 is 0.194 bits per heavy atom. The van der Waals surface area contributed by atoms with Crippen molar-refractivity contribution < 1.29 is 0 Å². The first kappa shape index (κ1) is 40.1. The van der Waals surface area contributed by atoms with E-state index in [-0.39, 0.29) is 29.7 Å². The van der Waals surface area contributed by atoms with Gasteiger partial charge in [-0.3, -0.25) is 0 Å². The molecular weight excluding hydrogens is 432 g/mol. The molecule has 36 heavy (non-hydrogen) atoms. The highest BCUT2D eigenvalue weighted by Crippen LogP contribution is 2.01. The molecule has 0 aromatic heterocycles. The van der Waals surface area contributed by atoms with Crippen molar-refractivity contribution in [1.29, 1.82) is 0 Å². The van der Waals surface area contributed by atoms with Gasteiger partial charge in [-0.25, -0.2) is 0 Å². The topological polar surface area (TPSA) is 0 Å². The number of hydrogen-bond donors (Lipinski definition) is 0. The predicted octanol–water partition coefficient (Wildman–Crippen LogP) is 11.8. The van der Waals surface area contributed by atoms with Crippen molar-refractivity contribution in [2.45, 2.75) is 85.1 Å². The summed E-state index contributed by atoms with van der Waals surface area (Å²) in [4.78, 5) is 0. The summed E-state index contributed by atoms with van der Waals surface area (Å²) in [6, 6.07) is 33.9. The van der Waals surface area contributed by atoms with Crippen LogP contribution >= 0.6 is 0 Å². The minimum Gasteiger partial charge on any atom is -0.0776 e. The normalized spacial score (nSPS) is 8.22. The number of rotatable bonds is 0. The number of benzene rings is 4. The summed E-state index contributed by atoms with van der Waals surface area (Å²) in [5.41, 5.74) is 10.6. The first-order valence-corrected chi connectivity index (χ1v) is 11.3. The Morgan fingerprint density at radius 2 is 0.250 bits per heavy atom. The van der Waals surface area contributed by atoms with Crippen LogP contribution in [0.1, 0.15) is 74.2 Å². The Kier molecular flexibility index (Phi) is 24.9. The molecule has 0 aliphatic heterocycles. The van der Waals surface area contributed by atoms with E-state index in [2.05, 4.69) is 152 Å². The molecule has 0 amide bonds. The van der Waals surface area contributed by atoms with Gasteiger partial charge in [0.1, 0.15) is 0 Å². The first-order chi connectivity index (χ1) is 15.2. The van der Waals surface area contributed by atoms with Crippen molar-refractivity contribution in [1.82, 2.24) is 0 Å². The second kappa shape index (κ2) is 22.4. The van der Waals surface area contributed by atoms with Gasteiger partial charge in [0.25, 0.3) is 0 Å². The predicted molar refractivity (Wildman–Crippen MR) is 171 cm³/mol. The third-order valence-electron chi connectivity index (χ3n) is 4.87. The van der Waals surface area contributed by atoms with Crippen LogP contribution in [0.5, 0.6) is 0 Å². The third kappa shape index (κ3) is 20.3. The molecule has 4 aromatic carbocycles. The van der Waals surface area contributed by atoms with Crippen LogP contribution in [0.4, 0.5) is 0 Å². The van der Waals surface area contributed by atoms with Crippen molar-refractivity contribution in [3.8, 4) is 0 Å². The maximum absolute atomic E-state index is 2.12. The van der Waals surface area contributed by atoms with E-state index >= 15 is 0 Å². The van der Waals surface area contributed by atoms with E-state index in [0.717, 1.165) is 0 Å². The SMILES string of the molecule is C.C.C.C.Cc1ccc(C)cc1.Cc1ccc(C)cc1.Cc1ccc(C)cc1.Cc1ccc(C)cc1. The molecule has 0 radical (unpaired) electrons. The largest absolute Gasteiger partial charge is 0.0776 e. The molecule has 0 aliphatic rings. The van der Waals surface area contributed by atoms with Crippen LogP contribution in [0, 0.1) is 55.4 Å². The first-order valence-electron chi connectivity index (χ1n) is 11.3. The lowest BCUT2D eigenvalue weighted by Gasteiger charge is -1.90. The van der Waals surface area contributed by atoms with Crippen LogP contribution in [0.25, 0.3) is 0 Å². The van der Waals surface area contributed by atoms with Crippen molar-refractivity contribution in [3.05, 3.63) is 142 Å². The van der Waals surface area contributed by atoms with Crippen LogP contribution in [-0.2, 0) is 0 Å². The summed E-state index contributed by atoms with van der Waals surface area (Å²) in [6.07, 6.45) is 0. The van der Waals surface area contributed by atoms with Gasteiger partial charge in [-0.05, 0) is 55.4 Å². The van der Waals surface area contributed by atoms with Crippen molar-refractivity contribution >= 4 is 0 Å². The minimum absolute atomic E-state index is 0. The molecule has 0 spiro atoms. The maximum atomic E-state index is 2.12. The van der Waals surface area contributed by atoms with Gasteiger partial charge in [0, 0.05) is 0 Å². The van der Waals surface area contributed by atoms with E-state index in [1.807, 2.05) is 0 Å². The second-order valence-corrected chi connectivity index (χ2v) is 8.62. The fourth-order valence-corrected chi connectivity index (χ4v) is 2.55. The summed E-state index contributed by atoms with van der Waals surface area (Å²) < 4.78 is 0. The van der Waals surface area contributed by atoms with Gasteiger partial charge in [0.2, 0.25) is 0 Å². The molecule has 0 saturated carbocycles. The quantitative estimate of drug-likeness (QED) is 0.231. The Morgan fingerprint density at radius 3 is 0.306 bits per heavy atom. The van der Waals surface area contributed by atoms with Gasteiger partial charge in [0.15, 0.2) is 0 Å². The lowest BCUT2D eigenvalue weighted by Crippen LogP contribution is -1.70. The standard InChI is InChI=1S/4C8H10.4CH4/c4*1-7-3-5-8(2)6-4-7;;;;/h4*3-6H,1-2H3;4*1H4. The average molecular weight is 489 g/mol. The third-order valence-corrected chi connectivity index (χ3v) is 4.87. The van der Waals surface area contributed by atoms with Crippen molar-refractivity contribution in [2.75, 3.05) is 0 Å². The van der Waals surface area contributed by atoms with Gasteiger partial charge >= 0.3 is 0 Å². The lowest BCUT2D eigenvalue weighted by atomic mass is 10.2. The van der Waals surface area contributed by atoms with E-state index in [4.69, 9.17) is 0 Å². The Labute approximate surface area is 226 Å². The molecule has 0 atom stereocenters. The summed E-state index contributed by atoms with van der Waals surface area (Å²) in [5.74, 6) is 0. The van der Waals surface area contributed by atoms with Crippen LogP contribution in [0.15, 0.2) is 97.1 Å². The molecule has 200 valence electrons. The Balaban J connectivity index is -0.000000183. The summed E-state index contributed by atoms with van der Waals surface area (Å²) >= 11 is 0.